The molecule has 1 atom stereocenters. The van der Waals surface area contributed by atoms with Crippen molar-refractivity contribution in [1.29, 1.82) is 0 Å². The lowest BCUT2D eigenvalue weighted by atomic mass is 10.1. The second-order valence-electron chi connectivity index (χ2n) is 8.32. The number of esters is 1. The Kier molecular flexibility index (Phi) is 7.54. The molecule has 1 aliphatic heterocycles. The number of amides is 3. The van der Waals surface area contributed by atoms with Crippen LogP contribution in [0, 0.1) is 0 Å². The number of nitrogens with zero attached hydrogens (tertiary/aromatic N) is 1. The molecule has 3 amide bonds. The zero-order valence-corrected chi connectivity index (χ0v) is 17.1. The van der Waals surface area contributed by atoms with Gasteiger partial charge in [0, 0.05) is 19.3 Å². The highest BCUT2D eigenvalue weighted by Crippen LogP contribution is 2.15. The van der Waals surface area contributed by atoms with Gasteiger partial charge in [0.25, 0.3) is 11.8 Å². The molecule has 0 aliphatic carbocycles. The fraction of sp³-hybridized carbons (Fsp3) is 0.722. The molecule has 0 aromatic carbocycles. The van der Waals surface area contributed by atoms with Crippen LogP contribution in [0.3, 0.4) is 0 Å². The van der Waals surface area contributed by atoms with E-state index < -0.39 is 47.1 Å². The number of hydroxylamine groups is 2. The van der Waals surface area contributed by atoms with Crippen molar-refractivity contribution >= 4 is 29.8 Å². The van der Waals surface area contributed by atoms with Crippen LogP contribution in [0.25, 0.3) is 0 Å². The third-order valence-electron chi connectivity index (χ3n) is 3.22. The molecular weight excluding hydrogens is 372 g/mol. The Hall–Kier alpha value is -2.65. The standard InChI is InChI=1S/C18H28N2O8/c1-17(2,3)26-14(23)10-7-11(19-16(25)27-18(4,5)6)15(24)28-20-12(21)8-9-13(20)22/h11H,7-10H2,1-6H3,(H,19,25)/t11-/m0/s1. The molecule has 0 bridgehead atoms. The number of imide groups is 1. The van der Waals surface area contributed by atoms with Gasteiger partial charge < -0.3 is 19.6 Å². The molecule has 1 saturated heterocycles. The summed E-state index contributed by atoms with van der Waals surface area (Å²) in [6.45, 7) is 10.0. The third kappa shape index (κ3) is 8.36. The summed E-state index contributed by atoms with van der Waals surface area (Å²) in [5.41, 5.74) is -1.52. The van der Waals surface area contributed by atoms with Gasteiger partial charge in [-0.1, -0.05) is 0 Å². The average molecular weight is 400 g/mol. The van der Waals surface area contributed by atoms with Gasteiger partial charge in [-0.05, 0) is 48.0 Å². The summed E-state index contributed by atoms with van der Waals surface area (Å²) in [5.74, 6) is -2.94. The molecule has 0 saturated carbocycles. The highest BCUT2D eigenvalue weighted by atomic mass is 16.7. The van der Waals surface area contributed by atoms with Crippen molar-refractivity contribution in [2.75, 3.05) is 0 Å². The van der Waals surface area contributed by atoms with Gasteiger partial charge in [-0.15, -0.1) is 5.06 Å². The smallest absolute Gasteiger partial charge is 0.408 e. The molecule has 10 nitrogen and oxygen atoms in total. The van der Waals surface area contributed by atoms with Gasteiger partial charge in [-0.3, -0.25) is 14.4 Å². The lowest BCUT2D eigenvalue weighted by Crippen LogP contribution is -2.47. The number of rotatable bonds is 6. The lowest BCUT2D eigenvalue weighted by molar-refractivity contribution is -0.199. The number of alkyl carbamates (subject to hydrolysis) is 1. The van der Waals surface area contributed by atoms with E-state index in [2.05, 4.69) is 5.32 Å². The number of ether oxygens (including phenoxy) is 2. The predicted octanol–water partition coefficient (Wildman–Crippen LogP) is 1.61. The summed E-state index contributed by atoms with van der Waals surface area (Å²) in [5, 5.41) is 2.68. The van der Waals surface area contributed by atoms with Crippen LogP contribution in [-0.2, 0) is 33.5 Å². The maximum absolute atomic E-state index is 12.4. The molecule has 1 heterocycles. The molecule has 10 heteroatoms. The normalized spacial score (nSPS) is 15.9. The molecule has 1 rings (SSSR count). The summed E-state index contributed by atoms with van der Waals surface area (Å²) in [4.78, 5) is 64.4. The first kappa shape index (κ1) is 23.4. The van der Waals surface area contributed by atoms with Crippen LogP contribution in [-0.4, -0.2) is 52.2 Å². The van der Waals surface area contributed by atoms with E-state index in [9.17, 15) is 24.0 Å². The van der Waals surface area contributed by atoms with E-state index >= 15 is 0 Å². The minimum absolute atomic E-state index is 0.0613. The summed E-state index contributed by atoms with van der Waals surface area (Å²) < 4.78 is 10.3. The number of hydrogen-bond donors (Lipinski definition) is 1. The van der Waals surface area contributed by atoms with E-state index in [0.29, 0.717) is 5.06 Å². The summed E-state index contributed by atoms with van der Waals surface area (Å²) >= 11 is 0. The molecule has 1 aliphatic rings. The lowest BCUT2D eigenvalue weighted by Gasteiger charge is -2.24. The van der Waals surface area contributed by atoms with Gasteiger partial charge >= 0.3 is 18.0 Å². The van der Waals surface area contributed by atoms with Crippen molar-refractivity contribution in [3.05, 3.63) is 0 Å². The van der Waals surface area contributed by atoms with Gasteiger partial charge in [0.05, 0.1) is 0 Å². The van der Waals surface area contributed by atoms with E-state index in [1.165, 1.54) is 0 Å². The van der Waals surface area contributed by atoms with Crippen molar-refractivity contribution in [3.8, 4) is 0 Å². The molecular formula is C18H28N2O8. The van der Waals surface area contributed by atoms with E-state index in [1.54, 1.807) is 41.5 Å². The van der Waals surface area contributed by atoms with E-state index in [-0.39, 0.29) is 25.7 Å². The van der Waals surface area contributed by atoms with E-state index in [1.807, 2.05) is 0 Å². The molecule has 1 fully saturated rings. The van der Waals surface area contributed by atoms with Crippen molar-refractivity contribution < 1.29 is 38.3 Å². The van der Waals surface area contributed by atoms with Crippen LogP contribution in [0.5, 0.6) is 0 Å². The largest absolute Gasteiger partial charge is 0.460 e. The van der Waals surface area contributed by atoms with Crippen LogP contribution in [0.2, 0.25) is 0 Å². The Morgan fingerprint density at radius 1 is 0.964 bits per heavy atom. The van der Waals surface area contributed by atoms with E-state index in [0.717, 1.165) is 0 Å². The van der Waals surface area contributed by atoms with Crippen LogP contribution in [0.1, 0.15) is 67.2 Å². The zero-order valence-electron chi connectivity index (χ0n) is 17.1. The van der Waals surface area contributed by atoms with Crippen molar-refractivity contribution in [2.45, 2.75) is 84.5 Å². The van der Waals surface area contributed by atoms with Crippen LogP contribution < -0.4 is 5.32 Å². The monoisotopic (exact) mass is 400 g/mol. The van der Waals surface area contributed by atoms with Crippen LogP contribution >= 0.6 is 0 Å². The second kappa shape index (κ2) is 9.03. The number of hydrogen-bond acceptors (Lipinski definition) is 8. The fourth-order valence-corrected chi connectivity index (χ4v) is 2.16. The Labute approximate surface area is 163 Å². The van der Waals surface area contributed by atoms with Gasteiger partial charge in [0.15, 0.2) is 0 Å². The van der Waals surface area contributed by atoms with Crippen molar-refractivity contribution in [3.63, 3.8) is 0 Å². The summed E-state index contributed by atoms with van der Waals surface area (Å²) in [7, 11) is 0. The maximum atomic E-state index is 12.4. The number of nitrogens with one attached hydrogen (secondary N) is 1. The average Bonchev–Trinajstić information content (AvgIpc) is 2.79. The number of carbonyl (C=O) groups is 5. The van der Waals surface area contributed by atoms with Gasteiger partial charge in [0.2, 0.25) is 0 Å². The number of carbonyl (C=O) groups excluding carboxylic acids is 5. The van der Waals surface area contributed by atoms with Gasteiger partial charge in [-0.25, -0.2) is 9.59 Å². The first-order valence-corrected chi connectivity index (χ1v) is 8.97. The van der Waals surface area contributed by atoms with Gasteiger partial charge in [0.1, 0.15) is 17.2 Å². The Balaban J connectivity index is 2.79. The molecule has 0 aromatic rings. The Bertz CT molecular complexity index is 629. The first-order valence-electron chi connectivity index (χ1n) is 8.97. The quantitative estimate of drug-likeness (QED) is 0.526. The Morgan fingerprint density at radius 3 is 1.93 bits per heavy atom. The van der Waals surface area contributed by atoms with Crippen LogP contribution in [0.4, 0.5) is 4.79 Å². The minimum Gasteiger partial charge on any atom is -0.460 e. The maximum Gasteiger partial charge on any atom is 0.408 e. The molecule has 1 N–H and O–H groups in total. The third-order valence-corrected chi connectivity index (χ3v) is 3.22. The molecule has 0 spiro atoms. The van der Waals surface area contributed by atoms with Crippen molar-refractivity contribution in [1.82, 2.24) is 10.4 Å². The van der Waals surface area contributed by atoms with Gasteiger partial charge in [-0.2, -0.15) is 0 Å². The molecule has 0 radical (unpaired) electrons. The molecule has 28 heavy (non-hydrogen) atoms. The van der Waals surface area contributed by atoms with E-state index in [4.69, 9.17) is 14.3 Å². The predicted molar refractivity (Wildman–Crippen MR) is 95.4 cm³/mol. The Morgan fingerprint density at radius 2 is 1.46 bits per heavy atom. The highest BCUT2D eigenvalue weighted by Gasteiger charge is 2.36. The zero-order chi connectivity index (χ0) is 21.7. The molecule has 0 aromatic heterocycles. The second-order valence-corrected chi connectivity index (χ2v) is 8.32. The molecule has 158 valence electrons. The summed E-state index contributed by atoms with van der Waals surface area (Å²) in [6, 6.07) is -1.32. The minimum atomic E-state index is -1.32. The highest BCUT2D eigenvalue weighted by molar-refractivity contribution is 6.01. The topological polar surface area (TPSA) is 128 Å². The molecule has 0 unspecified atom stereocenters. The first-order chi connectivity index (χ1) is 12.7. The summed E-state index contributed by atoms with van der Waals surface area (Å²) in [6.07, 6.45) is -1.39. The SMILES string of the molecule is CC(C)(C)OC(=O)CC[C@H](NC(=O)OC(C)(C)C)C(=O)ON1C(=O)CCC1=O. The van der Waals surface area contributed by atoms with Crippen LogP contribution in [0.15, 0.2) is 0 Å². The fourth-order valence-electron chi connectivity index (χ4n) is 2.16. The van der Waals surface area contributed by atoms with Crippen molar-refractivity contribution in [2.24, 2.45) is 0 Å².